The highest BCUT2D eigenvalue weighted by Gasteiger charge is 2.26. The molecule has 2 heterocycles. The summed E-state index contributed by atoms with van der Waals surface area (Å²) in [6.45, 7) is 0.335. The number of benzene rings is 2. The van der Waals surface area contributed by atoms with Gasteiger partial charge < -0.3 is 9.47 Å². The van der Waals surface area contributed by atoms with Gasteiger partial charge in [0.25, 0.3) is 5.91 Å². The summed E-state index contributed by atoms with van der Waals surface area (Å²) in [6, 6.07) is 15.1. The number of nitrogens with zero attached hydrogens (tertiary/aromatic N) is 3. The van der Waals surface area contributed by atoms with Crippen molar-refractivity contribution in [3.8, 4) is 11.5 Å². The van der Waals surface area contributed by atoms with E-state index in [0.717, 1.165) is 20.7 Å². The van der Waals surface area contributed by atoms with Crippen molar-refractivity contribution in [3.05, 3.63) is 72.1 Å². The number of carbonyl (C=O) groups is 1. The molecule has 0 saturated carbocycles. The minimum absolute atomic E-state index is 0.218. The molecule has 0 aliphatic heterocycles. The van der Waals surface area contributed by atoms with Gasteiger partial charge in [0.05, 0.1) is 36.5 Å². The number of aromatic nitrogens is 2. The number of fused-ring (bicyclic) bond motifs is 1. The van der Waals surface area contributed by atoms with E-state index in [1.165, 1.54) is 18.4 Å². The number of hydrogen-bond acceptors (Lipinski definition) is 7. The van der Waals surface area contributed by atoms with E-state index in [1.54, 1.807) is 54.4 Å². The lowest BCUT2D eigenvalue weighted by molar-refractivity contribution is 0.0981. The highest BCUT2D eigenvalue weighted by atomic mass is 32.2. The molecule has 0 unspecified atom stereocenters. The number of hydrogen-bond donors (Lipinski definition) is 0. The average molecular weight is 452 g/mol. The number of thioether (sulfide) groups is 1. The zero-order valence-corrected chi connectivity index (χ0v) is 19.0. The van der Waals surface area contributed by atoms with E-state index in [4.69, 9.17) is 14.5 Å². The number of pyridine rings is 1. The van der Waals surface area contributed by atoms with Crippen molar-refractivity contribution in [2.75, 3.05) is 25.4 Å². The Labute approximate surface area is 188 Å². The SMILES string of the molecule is COc1cccc(C(=O)N(Cc2cccnc2)c2nc3c(SC)cccc3s2)c1OC. The van der Waals surface area contributed by atoms with Crippen molar-refractivity contribution < 1.29 is 14.3 Å². The third-order valence-corrected chi connectivity index (χ3v) is 6.58. The molecule has 158 valence electrons. The van der Waals surface area contributed by atoms with Crippen LogP contribution >= 0.6 is 23.1 Å². The number of methoxy groups -OCH3 is 2. The van der Waals surface area contributed by atoms with E-state index in [2.05, 4.69) is 4.98 Å². The molecule has 2 aromatic carbocycles. The van der Waals surface area contributed by atoms with Gasteiger partial charge >= 0.3 is 0 Å². The second-order valence-corrected chi connectivity index (χ2v) is 8.45. The highest BCUT2D eigenvalue weighted by molar-refractivity contribution is 7.98. The highest BCUT2D eigenvalue weighted by Crippen LogP contribution is 2.37. The predicted octanol–water partition coefficient (Wildman–Crippen LogP) is 5.28. The molecule has 8 heteroatoms. The minimum atomic E-state index is -0.218. The van der Waals surface area contributed by atoms with Crippen LogP contribution in [0.5, 0.6) is 11.5 Å². The molecule has 6 nitrogen and oxygen atoms in total. The third-order valence-electron chi connectivity index (χ3n) is 4.76. The van der Waals surface area contributed by atoms with E-state index in [-0.39, 0.29) is 5.91 Å². The summed E-state index contributed by atoms with van der Waals surface area (Å²) >= 11 is 3.13. The molecule has 0 aliphatic rings. The summed E-state index contributed by atoms with van der Waals surface area (Å²) in [5.74, 6) is 0.685. The molecule has 0 aliphatic carbocycles. The number of para-hydroxylation sites is 2. The van der Waals surface area contributed by atoms with Gasteiger partial charge in [-0.3, -0.25) is 14.7 Å². The van der Waals surface area contributed by atoms with Crippen LogP contribution in [0.1, 0.15) is 15.9 Å². The Morgan fingerprint density at radius 3 is 2.65 bits per heavy atom. The topological polar surface area (TPSA) is 64.5 Å². The molecule has 1 amide bonds. The van der Waals surface area contributed by atoms with Crippen molar-refractivity contribution in [2.24, 2.45) is 0 Å². The molecule has 0 saturated heterocycles. The molecule has 4 aromatic rings. The Morgan fingerprint density at radius 2 is 1.94 bits per heavy atom. The molecule has 0 atom stereocenters. The second kappa shape index (κ2) is 9.36. The van der Waals surface area contributed by atoms with E-state index in [0.29, 0.717) is 28.7 Å². The van der Waals surface area contributed by atoms with Gasteiger partial charge in [0.1, 0.15) is 0 Å². The number of thiazole rings is 1. The van der Waals surface area contributed by atoms with Crippen molar-refractivity contribution >= 4 is 44.4 Å². The monoisotopic (exact) mass is 451 g/mol. The molecule has 0 N–H and O–H groups in total. The minimum Gasteiger partial charge on any atom is -0.493 e. The normalized spacial score (nSPS) is 10.8. The summed E-state index contributed by atoms with van der Waals surface area (Å²) < 4.78 is 11.9. The molecule has 31 heavy (non-hydrogen) atoms. The van der Waals surface area contributed by atoms with E-state index < -0.39 is 0 Å². The first-order valence-electron chi connectivity index (χ1n) is 9.51. The molecular formula is C23H21N3O3S2. The van der Waals surface area contributed by atoms with E-state index in [1.807, 2.05) is 36.6 Å². The first-order chi connectivity index (χ1) is 15.2. The van der Waals surface area contributed by atoms with Gasteiger partial charge in [0, 0.05) is 17.3 Å². The number of ether oxygens (including phenoxy) is 2. The largest absolute Gasteiger partial charge is 0.493 e. The van der Waals surface area contributed by atoms with Crippen LogP contribution < -0.4 is 14.4 Å². The fourth-order valence-electron chi connectivity index (χ4n) is 3.29. The first kappa shape index (κ1) is 21.1. The van der Waals surface area contributed by atoms with Crippen LogP contribution in [0, 0.1) is 0 Å². The predicted molar refractivity (Wildman–Crippen MR) is 126 cm³/mol. The van der Waals surface area contributed by atoms with Crippen LogP contribution in [-0.4, -0.2) is 36.4 Å². The zero-order chi connectivity index (χ0) is 21.8. The Kier molecular flexibility index (Phi) is 6.39. The van der Waals surface area contributed by atoms with Gasteiger partial charge in [-0.1, -0.05) is 29.5 Å². The van der Waals surface area contributed by atoms with E-state index in [9.17, 15) is 4.79 Å². The fraction of sp³-hybridized carbons (Fsp3) is 0.174. The Hall–Kier alpha value is -3.10. The fourth-order valence-corrected chi connectivity index (χ4v) is 4.91. The Bertz CT molecular complexity index is 1210. The van der Waals surface area contributed by atoms with Gasteiger partial charge in [-0.05, 0) is 42.2 Å². The maximum atomic E-state index is 13.8. The summed E-state index contributed by atoms with van der Waals surface area (Å²) in [5, 5.41) is 0.621. The van der Waals surface area contributed by atoms with Crippen LogP contribution in [0.3, 0.4) is 0 Å². The summed E-state index contributed by atoms with van der Waals surface area (Å²) in [6.07, 6.45) is 5.49. The molecular weight excluding hydrogens is 430 g/mol. The van der Waals surface area contributed by atoms with Gasteiger partial charge in [0.15, 0.2) is 16.6 Å². The van der Waals surface area contributed by atoms with Gasteiger partial charge in [-0.2, -0.15) is 0 Å². The van der Waals surface area contributed by atoms with Crippen LogP contribution in [0.4, 0.5) is 5.13 Å². The lowest BCUT2D eigenvalue weighted by Gasteiger charge is -2.21. The first-order valence-corrected chi connectivity index (χ1v) is 11.6. The van der Waals surface area contributed by atoms with Crippen LogP contribution in [0.2, 0.25) is 0 Å². The average Bonchev–Trinajstić information content (AvgIpc) is 3.26. The van der Waals surface area contributed by atoms with Crippen LogP contribution in [0.25, 0.3) is 10.2 Å². The number of anilines is 1. The molecule has 4 rings (SSSR count). The van der Waals surface area contributed by atoms with Crippen molar-refractivity contribution in [2.45, 2.75) is 11.4 Å². The second-order valence-electron chi connectivity index (χ2n) is 6.60. The summed E-state index contributed by atoms with van der Waals surface area (Å²) in [7, 11) is 3.08. The third kappa shape index (κ3) is 4.22. The lowest BCUT2D eigenvalue weighted by atomic mass is 10.1. The van der Waals surface area contributed by atoms with Gasteiger partial charge in [0.2, 0.25) is 0 Å². The molecule has 2 aromatic heterocycles. The van der Waals surface area contributed by atoms with E-state index >= 15 is 0 Å². The molecule has 0 spiro atoms. The Balaban J connectivity index is 1.83. The van der Waals surface area contributed by atoms with Gasteiger partial charge in [-0.25, -0.2) is 4.98 Å². The van der Waals surface area contributed by atoms with Crippen LogP contribution in [-0.2, 0) is 6.54 Å². The zero-order valence-electron chi connectivity index (χ0n) is 17.4. The summed E-state index contributed by atoms with van der Waals surface area (Å²) in [5.41, 5.74) is 2.22. The number of carbonyl (C=O) groups excluding carboxylic acids is 1. The maximum absolute atomic E-state index is 13.8. The van der Waals surface area contributed by atoms with Gasteiger partial charge in [-0.15, -0.1) is 11.8 Å². The standard InChI is InChI=1S/C23H21N3O3S2/c1-28-17-9-4-8-16(21(17)29-2)22(27)26(14-15-7-6-12-24-13-15)23-25-20-18(30-3)10-5-11-19(20)31-23/h4-13H,14H2,1-3H3. The van der Waals surface area contributed by atoms with Crippen molar-refractivity contribution in [1.29, 1.82) is 0 Å². The maximum Gasteiger partial charge on any atom is 0.264 e. The lowest BCUT2D eigenvalue weighted by Crippen LogP contribution is -2.30. The summed E-state index contributed by atoms with van der Waals surface area (Å²) in [4.78, 5) is 25.5. The van der Waals surface area contributed by atoms with Crippen molar-refractivity contribution in [1.82, 2.24) is 9.97 Å². The molecule has 0 radical (unpaired) electrons. The Morgan fingerprint density at radius 1 is 1.10 bits per heavy atom. The number of rotatable bonds is 7. The molecule has 0 fully saturated rings. The smallest absolute Gasteiger partial charge is 0.264 e. The quantitative estimate of drug-likeness (QED) is 0.356. The van der Waals surface area contributed by atoms with Crippen LogP contribution in [0.15, 0.2) is 65.8 Å². The van der Waals surface area contributed by atoms with Crippen molar-refractivity contribution in [3.63, 3.8) is 0 Å². The number of amides is 1. The molecule has 0 bridgehead atoms.